The second kappa shape index (κ2) is 19.5. The van der Waals surface area contributed by atoms with Crippen LogP contribution in [-0.4, -0.2) is 80.5 Å². The standard InChI is InChI=1S/C47H57ClN8O5/c1-6-39-36(42(52-34-18-22-60-23-19-34)37-29-51-56(7-2)43(37)54-39)28-50-45(58)41-13-9-12-40(53-41)44(57)49-27-32-14-15-38(48)35(26-32)33-11-8-10-31(25-33)24-30-16-20-55(21-17-30)46(59)61-47(3,4)5/h8-15,25-26,29-30,34H,6-7,16-24,27-28H2,1-5H3,(H,49,57)(H,50,58)(H,52,54). The summed E-state index contributed by atoms with van der Waals surface area (Å²) >= 11 is 6.74. The third kappa shape index (κ3) is 10.9. The number of hydrogen-bond donors (Lipinski definition) is 3. The van der Waals surface area contributed by atoms with E-state index in [1.54, 1.807) is 23.1 Å². The van der Waals surface area contributed by atoms with Crippen molar-refractivity contribution in [2.45, 2.75) is 104 Å². The van der Waals surface area contributed by atoms with Crippen LogP contribution in [0.2, 0.25) is 5.02 Å². The number of aryl methyl sites for hydroxylation is 2. The summed E-state index contributed by atoms with van der Waals surface area (Å²) in [5.74, 6) is -0.335. The number of amides is 3. The molecule has 2 fully saturated rings. The lowest BCUT2D eigenvalue weighted by atomic mass is 9.89. The highest BCUT2D eigenvalue weighted by atomic mass is 35.5. The summed E-state index contributed by atoms with van der Waals surface area (Å²) in [6.07, 6.45) is 6.77. The molecule has 13 nitrogen and oxygen atoms in total. The SMILES string of the molecule is CCc1nc2c(cnn2CC)c(NC2CCOCC2)c1CNC(=O)c1cccc(C(=O)NCc2ccc(Cl)c(-c3cccc(CC4CCN(C(=O)OC(C)(C)C)CC4)c3)c2)n1. The molecule has 3 amide bonds. The van der Waals surface area contributed by atoms with Gasteiger partial charge in [-0.2, -0.15) is 5.10 Å². The average Bonchev–Trinajstić information content (AvgIpc) is 3.68. The molecule has 5 heterocycles. The second-order valence-corrected chi connectivity index (χ2v) is 17.3. The summed E-state index contributed by atoms with van der Waals surface area (Å²) in [6.45, 7) is 13.7. The van der Waals surface area contributed by atoms with E-state index in [1.165, 1.54) is 5.56 Å². The van der Waals surface area contributed by atoms with Gasteiger partial charge in [0, 0.05) is 73.8 Å². The molecule has 3 N–H and O–H groups in total. The fraction of sp³-hybridized carbons (Fsp3) is 0.447. The molecule has 14 heteroatoms. The van der Waals surface area contributed by atoms with Crippen LogP contribution in [-0.2, 0) is 41.9 Å². The number of rotatable bonds is 13. The fourth-order valence-corrected chi connectivity index (χ4v) is 8.30. The molecule has 2 saturated heterocycles. The van der Waals surface area contributed by atoms with Crippen molar-refractivity contribution in [3.8, 4) is 11.1 Å². The van der Waals surface area contributed by atoms with Gasteiger partial charge in [-0.25, -0.2) is 19.4 Å². The molecule has 3 aromatic heterocycles. The average molecular weight is 849 g/mol. The number of aromatic nitrogens is 4. The van der Waals surface area contributed by atoms with Gasteiger partial charge in [0.2, 0.25) is 0 Å². The number of fused-ring (bicyclic) bond motifs is 1. The van der Waals surface area contributed by atoms with Gasteiger partial charge < -0.3 is 30.3 Å². The largest absolute Gasteiger partial charge is 0.444 e. The smallest absolute Gasteiger partial charge is 0.410 e. The monoisotopic (exact) mass is 848 g/mol. The minimum Gasteiger partial charge on any atom is -0.444 e. The van der Waals surface area contributed by atoms with Gasteiger partial charge >= 0.3 is 6.09 Å². The summed E-state index contributed by atoms with van der Waals surface area (Å²) in [4.78, 5) is 50.8. The maximum absolute atomic E-state index is 13.6. The van der Waals surface area contributed by atoms with Crippen molar-refractivity contribution in [1.82, 2.24) is 35.3 Å². The third-order valence-corrected chi connectivity index (χ3v) is 11.7. The van der Waals surface area contributed by atoms with Crippen molar-refractivity contribution in [1.29, 1.82) is 0 Å². The molecule has 61 heavy (non-hydrogen) atoms. The number of hydrogen-bond acceptors (Lipinski definition) is 9. The lowest BCUT2D eigenvalue weighted by Crippen LogP contribution is -2.42. The van der Waals surface area contributed by atoms with Crippen molar-refractivity contribution in [2.75, 3.05) is 31.6 Å². The van der Waals surface area contributed by atoms with Gasteiger partial charge in [-0.05, 0) is 113 Å². The number of carbonyl (C=O) groups is 3. The molecule has 2 aliphatic heterocycles. The number of benzene rings is 2. The first-order valence-corrected chi connectivity index (χ1v) is 21.9. The number of likely N-dealkylation sites (tertiary alicyclic amines) is 1. The zero-order valence-electron chi connectivity index (χ0n) is 35.9. The number of carbonyl (C=O) groups excluding carboxylic acids is 3. The first kappa shape index (κ1) is 43.6. The van der Waals surface area contributed by atoms with E-state index in [1.807, 2.05) is 68.9 Å². The summed E-state index contributed by atoms with van der Waals surface area (Å²) in [5.41, 5.74) is 7.24. The van der Waals surface area contributed by atoms with Crippen LogP contribution in [0.5, 0.6) is 0 Å². The molecule has 0 unspecified atom stereocenters. The first-order valence-electron chi connectivity index (χ1n) is 21.5. The molecule has 0 bridgehead atoms. The normalized spacial score (nSPS) is 15.1. The zero-order chi connectivity index (χ0) is 43.1. The minimum atomic E-state index is -0.508. The van der Waals surface area contributed by atoms with Crippen LogP contribution in [0.15, 0.2) is 66.9 Å². The maximum Gasteiger partial charge on any atom is 0.410 e. The Morgan fingerprint density at radius 2 is 1.57 bits per heavy atom. The van der Waals surface area contributed by atoms with Gasteiger partial charge in [0.15, 0.2) is 5.65 Å². The van der Waals surface area contributed by atoms with Gasteiger partial charge in [0.1, 0.15) is 17.0 Å². The number of anilines is 1. The van der Waals surface area contributed by atoms with E-state index in [9.17, 15) is 14.4 Å². The Morgan fingerprint density at radius 3 is 2.26 bits per heavy atom. The Hall–Kier alpha value is -5.53. The Bertz CT molecular complexity index is 2360. The van der Waals surface area contributed by atoms with Crippen LogP contribution in [0, 0.1) is 5.92 Å². The van der Waals surface area contributed by atoms with Crippen LogP contribution in [0.3, 0.4) is 0 Å². The van der Waals surface area contributed by atoms with E-state index >= 15 is 0 Å². The van der Waals surface area contributed by atoms with Crippen LogP contribution < -0.4 is 16.0 Å². The lowest BCUT2D eigenvalue weighted by Gasteiger charge is -2.33. The van der Waals surface area contributed by atoms with Crippen LogP contribution in [0.1, 0.15) is 104 Å². The van der Waals surface area contributed by atoms with Crippen LogP contribution in [0.25, 0.3) is 22.2 Å². The van der Waals surface area contributed by atoms with Crippen molar-refractivity contribution in [3.63, 3.8) is 0 Å². The van der Waals surface area contributed by atoms with Gasteiger partial charge in [0.25, 0.3) is 11.8 Å². The molecule has 0 spiro atoms. The minimum absolute atomic E-state index is 0.137. The highest BCUT2D eigenvalue weighted by molar-refractivity contribution is 6.33. The molecule has 0 aliphatic carbocycles. The van der Waals surface area contributed by atoms with Gasteiger partial charge in [-0.3, -0.25) is 9.59 Å². The van der Waals surface area contributed by atoms with Crippen molar-refractivity contribution in [2.24, 2.45) is 5.92 Å². The highest BCUT2D eigenvalue weighted by Crippen LogP contribution is 2.33. The molecule has 5 aromatic rings. The molecule has 0 atom stereocenters. The van der Waals surface area contributed by atoms with Crippen molar-refractivity contribution >= 4 is 46.2 Å². The molecule has 322 valence electrons. The Morgan fingerprint density at radius 1 is 0.869 bits per heavy atom. The topological polar surface area (TPSA) is 153 Å². The van der Waals surface area contributed by atoms with Crippen LogP contribution in [0.4, 0.5) is 10.5 Å². The highest BCUT2D eigenvalue weighted by Gasteiger charge is 2.27. The lowest BCUT2D eigenvalue weighted by molar-refractivity contribution is 0.0184. The molecule has 0 saturated carbocycles. The first-order chi connectivity index (χ1) is 29.4. The predicted octanol–water partition coefficient (Wildman–Crippen LogP) is 8.37. The van der Waals surface area contributed by atoms with E-state index in [4.69, 9.17) is 26.1 Å². The maximum atomic E-state index is 13.6. The molecule has 7 rings (SSSR count). The number of nitrogens with zero attached hydrogens (tertiary/aromatic N) is 5. The molecular formula is C47H57ClN8O5. The summed E-state index contributed by atoms with van der Waals surface area (Å²) in [7, 11) is 0. The number of ether oxygens (including phenoxy) is 2. The van der Waals surface area contributed by atoms with E-state index < -0.39 is 17.4 Å². The number of piperidine rings is 1. The number of halogens is 1. The van der Waals surface area contributed by atoms with E-state index in [2.05, 4.69) is 45.1 Å². The van der Waals surface area contributed by atoms with E-state index in [-0.39, 0.29) is 36.6 Å². The Kier molecular flexibility index (Phi) is 13.9. The summed E-state index contributed by atoms with van der Waals surface area (Å²) < 4.78 is 13.1. The van der Waals surface area contributed by atoms with Gasteiger partial charge in [-0.1, -0.05) is 54.9 Å². The predicted molar refractivity (Wildman–Crippen MR) is 238 cm³/mol. The van der Waals surface area contributed by atoms with Gasteiger partial charge in [0.05, 0.1) is 17.3 Å². The Labute approximate surface area is 363 Å². The van der Waals surface area contributed by atoms with E-state index in [0.717, 1.165) is 76.8 Å². The van der Waals surface area contributed by atoms with Crippen molar-refractivity contribution in [3.05, 3.63) is 106 Å². The molecule has 0 radical (unpaired) electrons. The fourth-order valence-electron chi connectivity index (χ4n) is 8.07. The molecule has 2 aromatic carbocycles. The zero-order valence-corrected chi connectivity index (χ0v) is 36.6. The van der Waals surface area contributed by atoms with Crippen LogP contribution >= 0.6 is 11.6 Å². The van der Waals surface area contributed by atoms with Gasteiger partial charge in [-0.15, -0.1) is 0 Å². The quantitative estimate of drug-likeness (QED) is 0.106. The Balaban J connectivity index is 0.976. The molecule has 2 aliphatic rings. The summed E-state index contributed by atoms with van der Waals surface area (Å²) in [5, 5.41) is 15.9. The third-order valence-electron chi connectivity index (χ3n) is 11.3. The summed E-state index contributed by atoms with van der Waals surface area (Å²) in [6, 6.07) is 19.2. The number of pyridine rings is 2. The second-order valence-electron chi connectivity index (χ2n) is 16.9. The van der Waals surface area contributed by atoms with Crippen molar-refractivity contribution < 1.29 is 23.9 Å². The molecular weight excluding hydrogens is 792 g/mol. The van der Waals surface area contributed by atoms with E-state index in [0.29, 0.717) is 50.2 Å². The number of nitrogens with one attached hydrogen (secondary N) is 3.